The smallest absolute Gasteiger partial charge is 0.279 e. The van der Waals surface area contributed by atoms with Gasteiger partial charge in [0.1, 0.15) is 5.75 Å². The molecule has 2 aromatic carbocycles. The summed E-state index contributed by atoms with van der Waals surface area (Å²) in [7, 11) is -1.98. The Labute approximate surface area is 201 Å². The Bertz CT molecular complexity index is 1060. The van der Waals surface area contributed by atoms with Crippen molar-refractivity contribution in [3.63, 3.8) is 0 Å². The minimum Gasteiger partial charge on any atom is -0.496 e. The van der Waals surface area contributed by atoms with Gasteiger partial charge in [-0.25, -0.2) is 0 Å². The van der Waals surface area contributed by atoms with Crippen LogP contribution in [0.5, 0.6) is 5.75 Å². The molecule has 1 aliphatic carbocycles. The van der Waals surface area contributed by atoms with Gasteiger partial charge in [-0.3, -0.25) is 4.79 Å². The Kier molecular flexibility index (Phi) is 7.88. The summed E-state index contributed by atoms with van der Waals surface area (Å²) in [6.07, 6.45) is 2.92. The zero-order valence-electron chi connectivity index (χ0n) is 19.5. The summed E-state index contributed by atoms with van der Waals surface area (Å²) in [4.78, 5) is 13.0. The van der Waals surface area contributed by atoms with Crippen LogP contribution in [-0.4, -0.2) is 64.6 Å². The van der Waals surface area contributed by atoms with E-state index in [4.69, 9.17) is 9.47 Å². The first-order chi connectivity index (χ1) is 16.4. The number of hydrogen-bond acceptors (Lipinski definition) is 5. The van der Waals surface area contributed by atoms with E-state index in [0.29, 0.717) is 57.0 Å². The van der Waals surface area contributed by atoms with E-state index in [1.165, 1.54) is 4.31 Å². The van der Waals surface area contributed by atoms with Crippen molar-refractivity contribution in [3.05, 3.63) is 65.7 Å². The summed E-state index contributed by atoms with van der Waals surface area (Å²) in [6, 6.07) is 17.2. The van der Waals surface area contributed by atoms with Crippen molar-refractivity contribution in [2.45, 2.75) is 37.1 Å². The Hall–Kier alpha value is -2.46. The van der Waals surface area contributed by atoms with Crippen molar-refractivity contribution in [1.29, 1.82) is 0 Å². The predicted octanol–water partition coefficient (Wildman–Crippen LogP) is 2.47. The molecule has 2 fully saturated rings. The van der Waals surface area contributed by atoms with Crippen LogP contribution in [0.3, 0.4) is 0 Å². The number of nitrogens with zero attached hydrogens (tertiary/aromatic N) is 1. The van der Waals surface area contributed by atoms with Crippen molar-refractivity contribution in [1.82, 2.24) is 14.3 Å². The van der Waals surface area contributed by atoms with Crippen LogP contribution in [0, 0.1) is 0 Å². The highest BCUT2D eigenvalue weighted by molar-refractivity contribution is 7.87. The second kappa shape index (κ2) is 10.9. The maximum atomic E-state index is 13.0. The Morgan fingerprint density at radius 2 is 1.71 bits per heavy atom. The number of amides is 1. The molecule has 8 nitrogen and oxygen atoms in total. The molecule has 0 radical (unpaired) electrons. The van der Waals surface area contributed by atoms with Crippen molar-refractivity contribution in [2.75, 3.05) is 40.0 Å². The molecule has 1 aliphatic heterocycles. The molecule has 9 heteroatoms. The van der Waals surface area contributed by atoms with Gasteiger partial charge in [0.25, 0.3) is 16.1 Å². The lowest BCUT2D eigenvalue weighted by Crippen LogP contribution is -2.52. The van der Waals surface area contributed by atoms with Crippen molar-refractivity contribution in [2.24, 2.45) is 0 Å². The number of ether oxygens (including phenoxy) is 2. The zero-order valence-corrected chi connectivity index (χ0v) is 20.4. The van der Waals surface area contributed by atoms with Gasteiger partial charge in [-0.2, -0.15) is 17.4 Å². The Morgan fingerprint density at radius 1 is 1.06 bits per heavy atom. The Balaban J connectivity index is 1.45. The monoisotopic (exact) mass is 487 g/mol. The summed E-state index contributed by atoms with van der Waals surface area (Å²) in [5, 5.41) is 3.12. The second-order valence-electron chi connectivity index (χ2n) is 8.94. The van der Waals surface area contributed by atoms with Crippen molar-refractivity contribution < 1.29 is 22.7 Å². The number of rotatable bonds is 8. The summed E-state index contributed by atoms with van der Waals surface area (Å²) < 4.78 is 40.6. The normalized spacial score (nSPS) is 23.9. The Morgan fingerprint density at radius 3 is 2.38 bits per heavy atom. The fraction of sp³-hybridized carbons (Fsp3) is 0.480. The molecule has 0 unspecified atom stereocenters. The van der Waals surface area contributed by atoms with Crippen LogP contribution in [0.15, 0.2) is 54.6 Å². The quantitative estimate of drug-likeness (QED) is 0.596. The standard InChI is InChI=1S/C25H33N3O5S/c1-32-23-10-6-5-9-22(23)24(29)26-19-25(20-7-3-2-4-8-20)13-11-21(12-14-25)27-34(30,31)28-15-17-33-18-16-28/h2-10,21,27H,11-19H2,1H3,(H,26,29)/t21-,25-. The van der Waals surface area contributed by atoms with E-state index in [1.54, 1.807) is 19.2 Å². The molecular weight excluding hydrogens is 454 g/mol. The lowest BCUT2D eigenvalue weighted by atomic mass is 9.68. The lowest BCUT2D eigenvalue weighted by Gasteiger charge is -2.41. The third kappa shape index (κ3) is 5.60. The van der Waals surface area contributed by atoms with Gasteiger partial charge in [0.15, 0.2) is 0 Å². The van der Waals surface area contributed by atoms with Crippen LogP contribution < -0.4 is 14.8 Å². The molecule has 184 valence electrons. The molecule has 0 spiro atoms. The highest BCUT2D eigenvalue weighted by atomic mass is 32.2. The van der Waals surface area contributed by atoms with Crippen molar-refractivity contribution >= 4 is 16.1 Å². The first-order valence-corrected chi connectivity index (χ1v) is 13.2. The van der Waals surface area contributed by atoms with Gasteiger partial charge in [0, 0.05) is 31.1 Å². The van der Waals surface area contributed by atoms with Gasteiger partial charge in [-0.05, 0) is 43.4 Å². The number of hydrogen-bond donors (Lipinski definition) is 2. The topological polar surface area (TPSA) is 97.0 Å². The molecule has 4 rings (SSSR count). The molecule has 1 saturated carbocycles. The van der Waals surface area contributed by atoms with Gasteiger partial charge >= 0.3 is 0 Å². The van der Waals surface area contributed by atoms with Gasteiger partial charge in [0.2, 0.25) is 0 Å². The molecule has 1 amide bonds. The minimum atomic E-state index is -3.53. The highest BCUT2D eigenvalue weighted by Crippen LogP contribution is 2.39. The van der Waals surface area contributed by atoms with Crippen LogP contribution in [0.1, 0.15) is 41.6 Å². The van der Waals surface area contributed by atoms with Crippen LogP contribution in [0.25, 0.3) is 0 Å². The van der Waals surface area contributed by atoms with Crippen LogP contribution in [0.2, 0.25) is 0 Å². The van der Waals surface area contributed by atoms with Crippen molar-refractivity contribution in [3.8, 4) is 5.75 Å². The molecule has 1 saturated heterocycles. The number of benzene rings is 2. The molecule has 0 atom stereocenters. The molecule has 0 aromatic heterocycles. The molecule has 1 heterocycles. The number of carbonyl (C=O) groups is 1. The molecule has 34 heavy (non-hydrogen) atoms. The summed E-state index contributed by atoms with van der Waals surface area (Å²) >= 11 is 0. The minimum absolute atomic E-state index is 0.130. The number of para-hydroxylation sites is 1. The average Bonchev–Trinajstić information content (AvgIpc) is 2.89. The summed E-state index contributed by atoms with van der Waals surface area (Å²) in [6.45, 7) is 2.08. The van der Waals surface area contributed by atoms with Crippen LogP contribution in [-0.2, 0) is 20.4 Å². The van der Waals surface area contributed by atoms with E-state index in [2.05, 4.69) is 22.2 Å². The average molecular weight is 488 g/mol. The third-order valence-corrected chi connectivity index (χ3v) is 8.57. The van der Waals surface area contributed by atoms with E-state index >= 15 is 0 Å². The third-order valence-electron chi connectivity index (χ3n) is 6.89. The number of morpholine rings is 1. The van der Waals surface area contributed by atoms with Gasteiger partial charge in [-0.1, -0.05) is 42.5 Å². The largest absolute Gasteiger partial charge is 0.496 e. The SMILES string of the molecule is COc1ccccc1C(=O)NC[C@]1(c2ccccc2)CC[C@H](NS(=O)(=O)N2CCOCC2)CC1. The van der Waals surface area contributed by atoms with Crippen LogP contribution >= 0.6 is 0 Å². The van der Waals surface area contributed by atoms with Gasteiger partial charge in [0.05, 0.1) is 25.9 Å². The van der Waals surface area contributed by atoms with E-state index in [9.17, 15) is 13.2 Å². The maximum Gasteiger partial charge on any atom is 0.279 e. The number of carbonyl (C=O) groups excluding carboxylic acids is 1. The number of nitrogens with one attached hydrogen (secondary N) is 2. The molecule has 2 aromatic rings. The first kappa shape index (κ1) is 24.7. The fourth-order valence-electron chi connectivity index (χ4n) is 4.90. The number of methoxy groups -OCH3 is 1. The van der Waals surface area contributed by atoms with Crippen LogP contribution in [0.4, 0.5) is 0 Å². The molecule has 2 N–H and O–H groups in total. The summed E-state index contributed by atoms with van der Waals surface area (Å²) in [5.41, 5.74) is 1.39. The molecule has 0 bridgehead atoms. The molecule has 2 aliphatic rings. The predicted molar refractivity (Wildman–Crippen MR) is 130 cm³/mol. The second-order valence-corrected chi connectivity index (χ2v) is 10.6. The van der Waals surface area contributed by atoms with Gasteiger partial charge in [-0.15, -0.1) is 0 Å². The van der Waals surface area contributed by atoms with Gasteiger partial charge < -0.3 is 14.8 Å². The highest BCUT2D eigenvalue weighted by Gasteiger charge is 2.39. The van der Waals surface area contributed by atoms with E-state index in [-0.39, 0.29) is 17.4 Å². The van der Waals surface area contributed by atoms with E-state index in [0.717, 1.165) is 18.4 Å². The zero-order chi connectivity index (χ0) is 24.0. The summed E-state index contributed by atoms with van der Waals surface area (Å²) in [5.74, 6) is 0.359. The fourth-order valence-corrected chi connectivity index (χ4v) is 6.33. The van der Waals surface area contributed by atoms with E-state index in [1.807, 2.05) is 30.3 Å². The maximum absolute atomic E-state index is 13.0. The van der Waals surface area contributed by atoms with E-state index < -0.39 is 10.2 Å². The lowest BCUT2D eigenvalue weighted by molar-refractivity contribution is 0.0721. The molecular formula is C25H33N3O5S. The first-order valence-electron chi connectivity index (χ1n) is 11.8.